The normalized spacial score (nSPS) is 15.9. The highest BCUT2D eigenvalue weighted by molar-refractivity contribution is 6.20. The zero-order chi connectivity index (χ0) is 23.7. The first-order chi connectivity index (χ1) is 16.5. The number of rotatable bonds is 6. The van der Waals surface area contributed by atoms with E-state index in [2.05, 4.69) is 0 Å². The van der Waals surface area contributed by atoms with E-state index in [9.17, 15) is 19.2 Å². The van der Waals surface area contributed by atoms with Gasteiger partial charge in [0.1, 0.15) is 23.0 Å². The van der Waals surface area contributed by atoms with Crippen LogP contribution in [0.5, 0.6) is 23.0 Å². The van der Waals surface area contributed by atoms with Gasteiger partial charge in [0.15, 0.2) is 0 Å². The average molecular weight is 456 g/mol. The van der Waals surface area contributed by atoms with E-state index in [1.54, 1.807) is 72.8 Å². The van der Waals surface area contributed by atoms with E-state index < -0.39 is 0 Å². The minimum Gasteiger partial charge on any atom is -0.457 e. The first-order valence-corrected chi connectivity index (χ1v) is 10.9. The van der Waals surface area contributed by atoms with Crippen LogP contribution in [0.15, 0.2) is 72.8 Å². The highest BCUT2D eigenvalue weighted by Gasteiger charge is 2.31. The van der Waals surface area contributed by atoms with Crippen LogP contribution in [0.3, 0.4) is 0 Å². The number of nitrogens with zero attached hydrogens (tertiary/aromatic N) is 2. The predicted molar refractivity (Wildman–Crippen MR) is 123 cm³/mol. The number of carbonyl (C=O) groups excluding carboxylic acids is 4. The number of ether oxygens (including phenoxy) is 2. The molecule has 0 bridgehead atoms. The Bertz CT molecular complexity index is 1150. The molecule has 3 aromatic rings. The molecular formula is C26H20N2O6. The van der Waals surface area contributed by atoms with Crippen LogP contribution in [0.25, 0.3) is 0 Å². The van der Waals surface area contributed by atoms with Crippen LogP contribution in [-0.4, -0.2) is 23.6 Å². The molecule has 0 N–H and O–H groups in total. The van der Waals surface area contributed by atoms with Gasteiger partial charge in [-0.25, -0.2) is 0 Å². The third kappa shape index (κ3) is 4.25. The van der Waals surface area contributed by atoms with Crippen molar-refractivity contribution in [1.82, 2.24) is 0 Å². The van der Waals surface area contributed by atoms with Crippen molar-refractivity contribution >= 4 is 35.0 Å². The molecule has 0 aromatic heterocycles. The molecule has 2 fully saturated rings. The first kappa shape index (κ1) is 21.4. The molecule has 3 aromatic carbocycles. The van der Waals surface area contributed by atoms with E-state index in [0.29, 0.717) is 34.4 Å². The summed E-state index contributed by atoms with van der Waals surface area (Å²) in [6, 6.07) is 20.6. The summed E-state index contributed by atoms with van der Waals surface area (Å²) in [6.45, 7) is 0. The summed E-state index contributed by atoms with van der Waals surface area (Å²) in [6.07, 6.45) is 0.949. The molecule has 170 valence electrons. The minimum atomic E-state index is -0.199. The lowest BCUT2D eigenvalue weighted by molar-refractivity contribution is -0.122. The van der Waals surface area contributed by atoms with Crippen LogP contribution in [0.1, 0.15) is 25.7 Å². The molecule has 8 nitrogen and oxygen atoms in total. The fourth-order valence-electron chi connectivity index (χ4n) is 3.93. The third-order valence-electron chi connectivity index (χ3n) is 5.57. The molecule has 0 atom stereocenters. The lowest BCUT2D eigenvalue weighted by Crippen LogP contribution is -2.28. The molecule has 2 aliphatic heterocycles. The van der Waals surface area contributed by atoms with Gasteiger partial charge in [-0.2, -0.15) is 0 Å². The Balaban J connectivity index is 1.25. The number of amides is 4. The molecule has 5 rings (SSSR count). The van der Waals surface area contributed by atoms with Gasteiger partial charge in [0.05, 0.1) is 11.4 Å². The van der Waals surface area contributed by atoms with Gasteiger partial charge in [0.25, 0.3) is 0 Å². The number of hydrogen-bond donors (Lipinski definition) is 0. The zero-order valence-electron chi connectivity index (χ0n) is 18.1. The van der Waals surface area contributed by atoms with Gasteiger partial charge < -0.3 is 9.47 Å². The Morgan fingerprint density at radius 1 is 0.471 bits per heavy atom. The largest absolute Gasteiger partial charge is 0.457 e. The van der Waals surface area contributed by atoms with E-state index in [4.69, 9.17) is 9.47 Å². The van der Waals surface area contributed by atoms with Crippen molar-refractivity contribution in [3.63, 3.8) is 0 Å². The van der Waals surface area contributed by atoms with Crippen LogP contribution < -0.4 is 19.3 Å². The molecule has 8 heteroatoms. The van der Waals surface area contributed by atoms with Crippen LogP contribution in [0.2, 0.25) is 0 Å². The monoisotopic (exact) mass is 456 g/mol. The molecule has 0 aliphatic carbocycles. The van der Waals surface area contributed by atoms with E-state index in [0.717, 1.165) is 0 Å². The van der Waals surface area contributed by atoms with Crippen LogP contribution in [0.4, 0.5) is 11.4 Å². The van der Waals surface area contributed by atoms with Crippen molar-refractivity contribution in [2.24, 2.45) is 0 Å². The summed E-state index contributed by atoms with van der Waals surface area (Å²) < 4.78 is 11.8. The van der Waals surface area contributed by atoms with Gasteiger partial charge in [-0.1, -0.05) is 6.07 Å². The Hall–Kier alpha value is -4.46. The lowest BCUT2D eigenvalue weighted by atomic mass is 10.2. The summed E-state index contributed by atoms with van der Waals surface area (Å²) in [4.78, 5) is 49.9. The van der Waals surface area contributed by atoms with E-state index >= 15 is 0 Å². The molecule has 0 spiro atoms. The number of benzene rings is 3. The number of hydrogen-bond acceptors (Lipinski definition) is 6. The summed E-state index contributed by atoms with van der Waals surface area (Å²) in [5, 5.41) is 0. The van der Waals surface area contributed by atoms with Crippen molar-refractivity contribution in [3.8, 4) is 23.0 Å². The minimum absolute atomic E-state index is 0.199. The molecule has 4 amide bonds. The van der Waals surface area contributed by atoms with Crippen molar-refractivity contribution in [3.05, 3.63) is 72.8 Å². The van der Waals surface area contributed by atoms with Gasteiger partial charge in [-0.3, -0.25) is 29.0 Å². The molecule has 2 heterocycles. The molecule has 2 aliphatic rings. The summed E-state index contributed by atoms with van der Waals surface area (Å²) >= 11 is 0. The molecule has 0 radical (unpaired) electrons. The first-order valence-electron chi connectivity index (χ1n) is 10.9. The zero-order valence-corrected chi connectivity index (χ0v) is 18.1. The van der Waals surface area contributed by atoms with Gasteiger partial charge in [0, 0.05) is 31.7 Å². The van der Waals surface area contributed by atoms with Crippen molar-refractivity contribution < 1.29 is 28.7 Å². The summed E-state index contributed by atoms with van der Waals surface area (Å²) in [7, 11) is 0. The maximum Gasteiger partial charge on any atom is 0.234 e. The third-order valence-corrected chi connectivity index (χ3v) is 5.57. The molecule has 2 saturated heterocycles. The second-order valence-corrected chi connectivity index (χ2v) is 7.91. The van der Waals surface area contributed by atoms with E-state index in [-0.39, 0.29) is 49.3 Å². The summed E-state index contributed by atoms with van der Waals surface area (Å²) in [5.41, 5.74) is 1.05. The van der Waals surface area contributed by atoms with Gasteiger partial charge in [-0.05, 0) is 60.7 Å². The van der Waals surface area contributed by atoms with E-state index in [1.807, 2.05) is 0 Å². The smallest absolute Gasteiger partial charge is 0.234 e. The molecule has 34 heavy (non-hydrogen) atoms. The lowest BCUT2D eigenvalue weighted by Gasteiger charge is -2.15. The Morgan fingerprint density at radius 3 is 1.18 bits per heavy atom. The van der Waals surface area contributed by atoms with Gasteiger partial charge >= 0.3 is 0 Å². The number of anilines is 2. The van der Waals surface area contributed by atoms with Crippen LogP contribution >= 0.6 is 0 Å². The van der Waals surface area contributed by atoms with Gasteiger partial charge in [-0.15, -0.1) is 0 Å². The fraction of sp³-hybridized carbons (Fsp3) is 0.154. The predicted octanol–water partition coefficient (Wildman–Crippen LogP) is 4.58. The fourth-order valence-corrected chi connectivity index (χ4v) is 3.93. The SMILES string of the molecule is O=C1CCC(=O)N1c1ccc(Oc2cccc(Oc3ccc(N4C(=O)CCC4=O)cc3)c2)cc1. The second-order valence-electron chi connectivity index (χ2n) is 7.91. The maximum atomic E-state index is 11.9. The standard InChI is InChI=1S/C26H20N2O6/c29-23-12-13-24(30)27(23)17-4-8-19(9-5-17)33-21-2-1-3-22(16-21)34-20-10-6-18(7-11-20)28-25(31)14-15-26(28)32/h1-11,16H,12-15H2. The molecular weight excluding hydrogens is 436 g/mol. The van der Waals surface area contributed by atoms with Gasteiger partial charge in [0.2, 0.25) is 23.6 Å². The highest BCUT2D eigenvalue weighted by Crippen LogP contribution is 2.31. The summed E-state index contributed by atoms with van der Waals surface area (Å²) in [5.74, 6) is 1.39. The van der Waals surface area contributed by atoms with Crippen molar-refractivity contribution in [2.75, 3.05) is 9.80 Å². The van der Waals surface area contributed by atoms with Crippen molar-refractivity contribution in [2.45, 2.75) is 25.7 Å². The van der Waals surface area contributed by atoms with Crippen LogP contribution in [-0.2, 0) is 19.2 Å². The number of carbonyl (C=O) groups is 4. The second kappa shape index (κ2) is 8.82. The quantitative estimate of drug-likeness (QED) is 0.504. The van der Waals surface area contributed by atoms with E-state index in [1.165, 1.54) is 9.80 Å². The topological polar surface area (TPSA) is 93.2 Å². The van der Waals surface area contributed by atoms with Crippen molar-refractivity contribution in [1.29, 1.82) is 0 Å². The Kier molecular flexibility index (Phi) is 5.55. The molecule has 0 unspecified atom stereocenters. The maximum absolute atomic E-state index is 11.9. The molecule has 0 saturated carbocycles. The van der Waals surface area contributed by atoms with Crippen LogP contribution in [0, 0.1) is 0 Å². The number of imide groups is 2. The highest BCUT2D eigenvalue weighted by atomic mass is 16.5. The Morgan fingerprint density at radius 2 is 0.824 bits per heavy atom. The Labute approximate surface area is 195 Å². The average Bonchev–Trinajstić information content (AvgIpc) is 3.35.